The Balaban J connectivity index is 2.71. The highest BCUT2D eigenvalue weighted by Gasteiger charge is 2.19. The van der Waals surface area contributed by atoms with Crippen LogP contribution in [0.1, 0.15) is 12.8 Å². The number of amides is 1. The lowest BCUT2D eigenvalue weighted by Gasteiger charge is -2.11. The highest BCUT2D eigenvalue weighted by Crippen LogP contribution is 2.27. The maximum Gasteiger partial charge on any atom is 0.261 e. The normalized spacial score (nSPS) is 11.3. The van der Waals surface area contributed by atoms with Crippen molar-refractivity contribution in [3.05, 3.63) is 23.8 Å². The molecule has 0 saturated carbocycles. The van der Waals surface area contributed by atoms with Crippen LogP contribution in [0, 0.1) is 11.6 Å². The number of carbonyl (C=O) groups excluding carboxylic acids is 1. The highest BCUT2D eigenvalue weighted by molar-refractivity contribution is 8.13. The smallest absolute Gasteiger partial charge is 0.261 e. The molecule has 1 aromatic carbocycles. The Bertz CT molecular complexity index is 611. The fourth-order valence-electron chi connectivity index (χ4n) is 1.44. The summed E-state index contributed by atoms with van der Waals surface area (Å²) >= 11 is 0. The van der Waals surface area contributed by atoms with Gasteiger partial charge in [0.1, 0.15) is 0 Å². The SMILES string of the molecule is CN(C)C(=O)CCCOc1c(F)cc(S(=O)(=O)Cl)cc1F. The summed E-state index contributed by atoms with van der Waals surface area (Å²) in [6, 6.07) is 1.15. The minimum absolute atomic E-state index is 0.0829. The molecular formula is C12H14ClF2NO4S. The first-order chi connectivity index (χ1) is 9.62. The van der Waals surface area contributed by atoms with E-state index in [0.29, 0.717) is 12.1 Å². The molecule has 1 amide bonds. The number of hydrogen-bond acceptors (Lipinski definition) is 4. The Labute approximate surface area is 125 Å². The molecule has 0 aliphatic carbocycles. The molecule has 0 fully saturated rings. The van der Waals surface area contributed by atoms with Gasteiger partial charge < -0.3 is 9.64 Å². The van der Waals surface area contributed by atoms with Crippen LogP contribution in [0.4, 0.5) is 8.78 Å². The number of nitrogens with zero attached hydrogens (tertiary/aromatic N) is 1. The van der Waals surface area contributed by atoms with Crippen molar-refractivity contribution < 1.29 is 26.7 Å². The summed E-state index contributed by atoms with van der Waals surface area (Å²) in [6.07, 6.45) is 0.440. The van der Waals surface area contributed by atoms with Crippen LogP contribution in [-0.2, 0) is 13.8 Å². The van der Waals surface area contributed by atoms with Crippen LogP contribution < -0.4 is 4.74 Å². The molecule has 0 unspecified atom stereocenters. The van der Waals surface area contributed by atoms with Crippen molar-refractivity contribution in [1.82, 2.24) is 4.90 Å². The Morgan fingerprint density at radius 2 is 1.81 bits per heavy atom. The average Bonchev–Trinajstić information content (AvgIpc) is 2.35. The van der Waals surface area contributed by atoms with Crippen molar-refractivity contribution in [3.8, 4) is 5.75 Å². The molecule has 0 N–H and O–H groups in total. The highest BCUT2D eigenvalue weighted by atomic mass is 35.7. The zero-order chi connectivity index (χ0) is 16.2. The molecule has 118 valence electrons. The van der Waals surface area contributed by atoms with Crippen molar-refractivity contribution in [2.45, 2.75) is 17.7 Å². The van der Waals surface area contributed by atoms with E-state index in [4.69, 9.17) is 15.4 Å². The summed E-state index contributed by atoms with van der Waals surface area (Å²) in [7, 11) is 3.96. The molecule has 1 rings (SSSR count). The van der Waals surface area contributed by atoms with Gasteiger partial charge in [-0.05, 0) is 18.6 Å². The predicted octanol–water partition coefficient (Wildman–Crippen LogP) is 2.14. The third kappa shape index (κ3) is 5.13. The third-order valence-electron chi connectivity index (χ3n) is 2.53. The van der Waals surface area contributed by atoms with Crippen molar-refractivity contribution in [2.24, 2.45) is 0 Å². The maximum absolute atomic E-state index is 13.6. The van der Waals surface area contributed by atoms with E-state index in [2.05, 4.69) is 0 Å². The number of ether oxygens (including phenoxy) is 1. The van der Waals surface area contributed by atoms with Gasteiger partial charge >= 0.3 is 0 Å². The molecule has 0 saturated heterocycles. The second kappa shape index (κ2) is 7.04. The van der Waals surface area contributed by atoms with Gasteiger partial charge in [-0.2, -0.15) is 0 Å². The molecule has 0 aromatic heterocycles. The standard InChI is InChI=1S/C12H14ClF2NO4S/c1-16(2)11(17)4-3-5-20-12-9(14)6-8(7-10(12)15)21(13,18)19/h6-7H,3-5H2,1-2H3. The first-order valence-corrected chi connectivity index (χ1v) is 8.20. The summed E-state index contributed by atoms with van der Waals surface area (Å²) in [5.41, 5.74) is 0. The number of hydrogen-bond donors (Lipinski definition) is 0. The summed E-state index contributed by atoms with van der Waals surface area (Å²) in [6.45, 7) is -0.0829. The van der Waals surface area contributed by atoms with E-state index in [1.165, 1.54) is 4.90 Å². The maximum atomic E-state index is 13.6. The first kappa shape index (κ1) is 17.6. The number of carbonyl (C=O) groups is 1. The summed E-state index contributed by atoms with van der Waals surface area (Å²) in [5.74, 6) is -3.18. The molecule has 0 bridgehead atoms. The van der Waals surface area contributed by atoms with E-state index in [1.807, 2.05) is 0 Å². The first-order valence-electron chi connectivity index (χ1n) is 5.89. The zero-order valence-electron chi connectivity index (χ0n) is 11.4. The molecule has 5 nitrogen and oxygen atoms in total. The van der Waals surface area contributed by atoms with Gasteiger partial charge in [0.05, 0.1) is 11.5 Å². The Morgan fingerprint density at radius 1 is 1.29 bits per heavy atom. The largest absolute Gasteiger partial charge is 0.488 e. The molecule has 1 aromatic rings. The van der Waals surface area contributed by atoms with E-state index in [1.54, 1.807) is 14.1 Å². The predicted molar refractivity (Wildman–Crippen MR) is 72.8 cm³/mol. The van der Waals surface area contributed by atoms with Gasteiger partial charge in [-0.3, -0.25) is 4.79 Å². The summed E-state index contributed by atoms with van der Waals surface area (Å²) in [5, 5.41) is 0. The minimum Gasteiger partial charge on any atom is -0.488 e. The fraction of sp³-hybridized carbons (Fsp3) is 0.417. The van der Waals surface area contributed by atoms with Gasteiger partial charge in [0.25, 0.3) is 9.05 Å². The Morgan fingerprint density at radius 3 is 2.24 bits per heavy atom. The van der Waals surface area contributed by atoms with Gasteiger partial charge in [-0.25, -0.2) is 17.2 Å². The minimum atomic E-state index is -4.22. The molecule has 0 spiro atoms. The van der Waals surface area contributed by atoms with E-state index < -0.39 is 31.3 Å². The van der Waals surface area contributed by atoms with Crippen LogP contribution in [0.5, 0.6) is 5.75 Å². The van der Waals surface area contributed by atoms with Crippen molar-refractivity contribution in [3.63, 3.8) is 0 Å². The van der Waals surface area contributed by atoms with Gasteiger partial charge in [0.15, 0.2) is 17.4 Å². The van der Waals surface area contributed by atoms with Crippen molar-refractivity contribution >= 4 is 25.6 Å². The number of halogens is 3. The monoisotopic (exact) mass is 341 g/mol. The van der Waals surface area contributed by atoms with Gasteiger partial charge in [0.2, 0.25) is 5.91 Å². The van der Waals surface area contributed by atoms with Gasteiger partial charge in [0, 0.05) is 31.2 Å². The molecule has 0 aliphatic rings. The van der Waals surface area contributed by atoms with E-state index in [9.17, 15) is 22.0 Å². The Hall–Kier alpha value is -1.41. The topological polar surface area (TPSA) is 63.7 Å². The quantitative estimate of drug-likeness (QED) is 0.587. The second-order valence-electron chi connectivity index (χ2n) is 4.39. The lowest BCUT2D eigenvalue weighted by atomic mass is 10.3. The fourth-order valence-corrected chi connectivity index (χ4v) is 2.19. The molecule has 21 heavy (non-hydrogen) atoms. The second-order valence-corrected chi connectivity index (χ2v) is 6.96. The summed E-state index contributed by atoms with van der Waals surface area (Å²) in [4.78, 5) is 12.0. The van der Waals surface area contributed by atoms with Crippen LogP contribution in [0.15, 0.2) is 17.0 Å². The molecule has 0 radical (unpaired) electrons. The van der Waals surface area contributed by atoms with Crippen LogP contribution in [-0.4, -0.2) is 39.9 Å². The summed E-state index contributed by atoms with van der Waals surface area (Å²) < 4.78 is 54.1. The van der Waals surface area contributed by atoms with Crippen molar-refractivity contribution in [2.75, 3.05) is 20.7 Å². The molecule has 9 heteroatoms. The number of rotatable bonds is 6. The lowest BCUT2D eigenvalue weighted by molar-refractivity contribution is -0.128. The number of benzene rings is 1. The molecule has 0 aliphatic heterocycles. The third-order valence-corrected chi connectivity index (χ3v) is 3.87. The van der Waals surface area contributed by atoms with E-state index >= 15 is 0 Å². The average molecular weight is 342 g/mol. The van der Waals surface area contributed by atoms with Crippen molar-refractivity contribution in [1.29, 1.82) is 0 Å². The Kier molecular flexibility index (Phi) is 5.91. The van der Waals surface area contributed by atoms with Gasteiger partial charge in [-0.15, -0.1) is 0 Å². The van der Waals surface area contributed by atoms with Crippen LogP contribution in [0.25, 0.3) is 0 Å². The van der Waals surface area contributed by atoms with Gasteiger partial charge in [-0.1, -0.05) is 0 Å². The zero-order valence-corrected chi connectivity index (χ0v) is 13.0. The lowest BCUT2D eigenvalue weighted by Crippen LogP contribution is -2.21. The van der Waals surface area contributed by atoms with Crippen LogP contribution in [0.2, 0.25) is 0 Å². The van der Waals surface area contributed by atoms with Crippen LogP contribution in [0.3, 0.4) is 0 Å². The van der Waals surface area contributed by atoms with Crippen LogP contribution >= 0.6 is 10.7 Å². The van der Waals surface area contributed by atoms with E-state index in [-0.39, 0.29) is 25.4 Å². The molecular weight excluding hydrogens is 328 g/mol. The molecule has 0 heterocycles. The molecule has 0 atom stereocenters. The van der Waals surface area contributed by atoms with E-state index in [0.717, 1.165) is 0 Å².